The smallest absolute Gasteiger partial charge is 0.308 e. The molecule has 0 unspecified atom stereocenters. The summed E-state index contributed by atoms with van der Waals surface area (Å²) in [6, 6.07) is 0. The van der Waals surface area contributed by atoms with Crippen LogP contribution in [0.3, 0.4) is 0 Å². The van der Waals surface area contributed by atoms with Crippen LogP contribution < -0.4 is 5.32 Å². The van der Waals surface area contributed by atoms with Crippen molar-refractivity contribution in [2.45, 2.75) is 38.2 Å². The summed E-state index contributed by atoms with van der Waals surface area (Å²) in [6.07, 6.45) is 4.96. The molecule has 0 aromatic rings. The number of carbonyl (C=O) groups is 1. The van der Waals surface area contributed by atoms with Crippen LogP contribution in [0.15, 0.2) is 4.99 Å². The van der Waals surface area contributed by atoms with Gasteiger partial charge in [0, 0.05) is 46.5 Å². The summed E-state index contributed by atoms with van der Waals surface area (Å²) >= 11 is 0. The van der Waals surface area contributed by atoms with Crippen molar-refractivity contribution in [1.82, 2.24) is 10.2 Å². The van der Waals surface area contributed by atoms with E-state index in [0.29, 0.717) is 6.10 Å². The molecule has 0 saturated carbocycles. The molecule has 1 N–H and O–H groups in total. The maximum atomic E-state index is 11.6. The van der Waals surface area contributed by atoms with Gasteiger partial charge in [-0.05, 0) is 32.1 Å². The molecule has 2 saturated heterocycles. The Balaban J connectivity index is 1.59. The highest BCUT2D eigenvalue weighted by molar-refractivity contribution is 5.80. The summed E-state index contributed by atoms with van der Waals surface area (Å²) in [7, 11) is 3.25. The van der Waals surface area contributed by atoms with Gasteiger partial charge in [-0.3, -0.25) is 9.79 Å². The van der Waals surface area contributed by atoms with E-state index in [4.69, 9.17) is 14.2 Å². The number of likely N-dealkylation sites (tertiary alicyclic amines) is 1. The highest BCUT2D eigenvalue weighted by Gasteiger charge is 2.26. The second kappa shape index (κ2) is 10.5. The molecule has 2 rings (SSSR count). The first-order chi connectivity index (χ1) is 11.7. The van der Waals surface area contributed by atoms with Gasteiger partial charge in [-0.25, -0.2) is 0 Å². The van der Waals surface area contributed by atoms with Crippen molar-refractivity contribution in [3.8, 4) is 0 Å². The molecule has 0 aliphatic carbocycles. The van der Waals surface area contributed by atoms with Crippen LogP contribution in [-0.2, 0) is 19.0 Å². The van der Waals surface area contributed by atoms with Crippen LogP contribution in [0.5, 0.6) is 0 Å². The highest BCUT2D eigenvalue weighted by atomic mass is 16.5. The van der Waals surface area contributed by atoms with Crippen LogP contribution >= 0.6 is 0 Å². The van der Waals surface area contributed by atoms with Gasteiger partial charge >= 0.3 is 5.97 Å². The van der Waals surface area contributed by atoms with Gasteiger partial charge in [0.2, 0.25) is 0 Å². The van der Waals surface area contributed by atoms with Crippen LogP contribution in [0.2, 0.25) is 0 Å². The second-order valence-corrected chi connectivity index (χ2v) is 6.29. The van der Waals surface area contributed by atoms with Crippen molar-refractivity contribution in [2.24, 2.45) is 10.9 Å². The van der Waals surface area contributed by atoms with E-state index in [0.717, 1.165) is 77.5 Å². The molecule has 0 aromatic carbocycles. The Morgan fingerprint density at radius 1 is 1.25 bits per heavy atom. The molecule has 7 nitrogen and oxygen atoms in total. The third-order valence-corrected chi connectivity index (χ3v) is 4.67. The van der Waals surface area contributed by atoms with E-state index in [9.17, 15) is 4.79 Å². The van der Waals surface area contributed by atoms with E-state index in [-0.39, 0.29) is 11.9 Å². The zero-order valence-electron chi connectivity index (χ0n) is 15.0. The summed E-state index contributed by atoms with van der Waals surface area (Å²) in [4.78, 5) is 18.1. The Hall–Kier alpha value is -1.34. The number of ether oxygens (including phenoxy) is 3. The monoisotopic (exact) mass is 341 g/mol. The second-order valence-electron chi connectivity index (χ2n) is 6.29. The van der Waals surface area contributed by atoms with Gasteiger partial charge in [0.25, 0.3) is 0 Å². The fraction of sp³-hybridized carbons (Fsp3) is 0.882. The average Bonchev–Trinajstić information content (AvgIpc) is 2.65. The number of methoxy groups -OCH3 is 1. The number of nitrogens with zero attached hydrogens (tertiary/aromatic N) is 2. The Morgan fingerprint density at radius 3 is 2.58 bits per heavy atom. The van der Waals surface area contributed by atoms with Crippen molar-refractivity contribution in [2.75, 3.05) is 53.6 Å². The molecule has 0 radical (unpaired) electrons. The molecule has 0 spiro atoms. The number of hydrogen-bond donors (Lipinski definition) is 1. The molecule has 0 bridgehead atoms. The molecular formula is C17H31N3O4. The third-order valence-electron chi connectivity index (χ3n) is 4.67. The first-order valence-corrected chi connectivity index (χ1v) is 8.97. The van der Waals surface area contributed by atoms with Crippen molar-refractivity contribution in [3.05, 3.63) is 0 Å². The summed E-state index contributed by atoms with van der Waals surface area (Å²) in [6.45, 7) is 4.90. The fourth-order valence-corrected chi connectivity index (χ4v) is 3.19. The molecule has 7 heteroatoms. The van der Waals surface area contributed by atoms with E-state index in [1.54, 1.807) is 7.05 Å². The first kappa shape index (κ1) is 19.0. The Labute approximate surface area is 144 Å². The topological polar surface area (TPSA) is 72.4 Å². The molecular weight excluding hydrogens is 310 g/mol. The van der Waals surface area contributed by atoms with Crippen LogP contribution in [-0.4, -0.2) is 76.5 Å². The number of carbonyl (C=O) groups excluding carboxylic acids is 1. The van der Waals surface area contributed by atoms with E-state index in [1.165, 1.54) is 7.11 Å². The first-order valence-electron chi connectivity index (χ1n) is 8.97. The van der Waals surface area contributed by atoms with Crippen LogP contribution in [0.4, 0.5) is 0 Å². The van der Waals surface area contributed by atoms with Crippen molar-refractivity contribution < 1.29 is 19.0 Å². The van der Waals surface area contributed by atoms with Gasteiger partial charge in [0.05, 0.1) is 19.1 Å². The molecule has 24 heavy (non-hydrogen) atoms. The summed E-state index contributed by atoms with van der Waals surface area (Å²) in [5, 5.41) is 3.39. The van der Waals surface area contributed by atoms with Gasteiger partial charge in [-0.2, -0.15) is 0 Å². The Morgan fingerprint density at radius 2 is 1.96 bits per heavy atom. The van der Waals surface area contributed by atoms with Crippen molar-refractivity contribution >= 4 is 11.9 Å². The Bertz CT molecular complexity index is 403. The summed E-state index contributed by atoms with van der Waals surface area (Å²) < 4.78 is 16.0. The Kier molecular flexibility index (Phi) is 8.32. The zero-order valence-corrected chi connectivity index (χ0v) is 15.0. The summed E-state index contributed by atoms with van der Waals surface area (Å²) in [5.41, 5.74) is 0. The third kappa shape index (κ3) is 5.94. The quantitative estimate of drug-likeness (QED) is 0.337. The van der Waals surface area contributed by atoms with Crippen LogP contribution in [0.25, 0.3) is 0 Å². The zero-order chi connectivity index (χ0) is 17.2. The predicted octanol–water partition coefficient (Wildman–Crippen LogP) is 1.03. The van der Waals surface area contributed by atoms with E-state index in [1.807, 2.05) is 0 Å². The normalized spacial score (nSPS) is 20.9. The molecule has 0 amide bonds. The number of aliphatic imine (C=N–C) groups is 1. The lowest BCUT2D eigenvalue weighted by molar-refractivity contribution is -0.146. The molecule has 2 heterocycles. The number of hydrogen-bond acceptors (Lipinski definition) is 5. The number of esters is 1. The van der Waals surface area contributed by atoms with Crippen molar-refractivity contribution in [1.29, 1.82) is 0 Å². The maximum Gasteiger partial charge on any atom is 0.308 e. The van der Waals surface area contributed by atoms with E-state index < -0.39 is 0 Å². The lowest BCUT2D eigenvalue weighted by Gasteiger charge is -2.33. The maximum absolute atomic E-state index is 11.6. The van der Waals surface area contributed by atoms with Gasteiger partial charge in [0.1, 0.15) is 0 Å². The predicted molar refractivity (Wildman–Crippen MR) is 92.1 cm³/mol. The molecule has 0 aromatic heterocycles. The van der Waals surface area contributed by atoms with E-state index >= 15 is 0 Å². The molecule has 2 aliphatic heterocycles. The van der Waals surface area contributed by atoms with Gasteiger partial charge in [-0.15, -0.1) is 0 Å². The minimum absolute atomic E-state index is 0.0252. The lowest BCUT2D eigenvalue weighted by atomic mass is 9.97. The molecule has 0 atom stereocenters. The van der Waals surface area contributed by atoms with Crippen LogP contribution in [0, 0.1) is 5.92 Å². The molecule has 2 aliphatic rings. The number of rotatable bonds is 6. The van der Waals surface area contributed by atoms with Gasteiger partial charge in [-0.1, -0.05) is 0 Å². The minimum Gasteiger partial charge on any atom is -0.469 e. The average molecular weight is 341 g/mol. The lowest BCUT2D eigenvalue weighted by Crippen LogP contribution is -2.47. The number of piperidine rings is 1. The highest BCUT2D eigenvalue weighted by Crippen LogP contribution is 2.18. The largest absolute Gasteiger partial charge is 0.469 e. The standard InChI is InChI=1S/C17H31N3O4/c1-18-17(20-9-4-14(5-10-20)16(21)22-2)19-8-3-11-24-15-6-12-23-13-7-15/h14-15H,3-13H2,1-2H3,(H,18,19). The van der Waals surface area contributed by atoms with Gasteiger partial charge < -0.3 is 24.4 Å². The fourth-order valence-electron chi connectivity index (χ4n) is 3.19. The SMILES string of the molecule is CN=C(NCCCOC1CCOCC1)N1CCC(C(=O)OC)CC1. The number of guanidine groups is 1. The van der Waals surface area contributed by atoms with E-state index in [2.05, 4.69) is 15.2 Å². The molecule has 2 fully saturated rings. The summed E-state index contributed by atoms with van der Waals surface area (Å²) in [5.74, 6) is 0.837. The van der Waals surface area contributed by atoms with Crippen molar-refractivity contribution in [3.63, 3.8) is 0 Å². The molecule has 138 valence electrons. The van der Waals surface area contributed by atoms with Crippen LogP contribution in [0.1, 0.15) is 32.1 Å². The minimum atomic E-state index is -0.0946. The number of nitrogens with one attached hydrogen (secondary N) is 1. The van der Waals surface area contributed by atoms with Gasteiger partial charge in [0.15, 0.2) is 5.96 Å².